The van der Waals surface area contributed by atoms with Crippen molar-refractivity contribution in [3.05, 3.63) is 35.4 Å². The second-order valence-corrected chi connectivity index (χ2v) is 6.31. The lowest BCUT2D eigenvalue weighted by atomic mass is 9.92. The lowest BCUT2D eigenvalue weighted by Gasteiger charge is -2.42. The monoisotopic (exact) mass is 288 g/mol. The third kappa shape index (κ3) is 3.44. The normalized spacial score (nSPS) is 26.9. The number of benzene rings is 1. The second kappa shape index (κ2) is 6.16. The molecule has 2 aliphatic heterocycles. The van der Waals surface area contributed by atoms with Crippen molar-refractivity contribution in [1.82, 2.24) is 10.2 Å². The van der Waals surface area contributed by atoms with Crippen LogP contribution in [-0.2, 0) is 16.1 Å². The maximum atomic E-state index is 12.2. The number of nitrogens with one attached hydrogen (secondary N) is 1. The van der Waals surface area contributed by atoms with E-state index in [1.54, 1.807) is 0 Å². The number of hydrogen-bond acceptors (Lipinski definition) is 3. The van der Waals surface area contributed by atoms with Crippen molar-refractivity contribution >= 4 is 5.91 Å². The number of aryl methyl sites for hydroxylation is 1. The van der Waals surface area contributed by atoms with Crippen LogP contribution in [-0.4, -0.2) is 42.6 Å². The molecule has 4 nitrogen and oxygen atoms in total. The molecule has 2 fully saturated rings. The van der Waals surface area contributed by atoms with Crippen molar-refractivity contribution < 1.29 is 9.53 Å². The molecular formula is C17H24N2O2. The maximum absolute atomic E-state index is 12.2. The van der Waals surface area contributed by atoms with E-state index in [0.29, 0.717) is 6.54 Å². The number of hydrogen-bond donors (Lipinski definition) is 1. The van der Waals surface area contributed by atoms with E-state index >= 15 is 0 Å². The quantitative estimate of drug-likeness (QED) is 0.903. The van der Waals surface area contributed by atoms with E-state index in [1.807, 2.05) is 4.90 Å². The van der Waals surface area contributed by atoms with Gasteiger partial charge in [0.1, 0.15) is 6.61 Å². The van der Waals surface area contributed by atoms with Gasteiger partial charge in [-0.1, -0.05) is 29.8 Å². The van der Waals surface area contributed by atoms with Gasteiger partial charge in [0.05, 0.1) is 12.1 Å². The molecule has 21 heavy (non-hydrogen) atoms. The number of amides is 1. The van der Waals surface area contributed by atoms with E-state index in [-0.39, 0.29) is 18.1 Å². The molecule has 0 bridgehead atoms. The summed E-state index contributed by atoms with van der Waals surface area (Å²) in [4.78, 5) is 14.2. The zero-order valence-corrected chi connectivity index (χ0v) is 12.7. The van der Waals surface area contributed by atoms with Crippen molar-refractivity contribution in [2.45, 2.75) is 38.3 Å². The highest BCUT2D eigenvalue weighted by molar-refractivity contribution is 5.78. The van der Waals surface area contributed by atoms with Crippen LogP contribution in [0.2, 0.25) is 0 Å². The van der Waals surface area contributed by atoms with E-state index in [4.69, 9.17) is 4.74 Å². The summed E-state index contributed by atoms with van der Waals surface area (Å²) >= 11 is 0. The number of rotatable bonds is 2. The Bertz CT molecular complexity index is 507. The molecule has 2 heterocycles. The van der Waals surface area contributed by atoms with Crippen LogP contribution in [0.5, 0.6) is 0 Å². The first-order chi connectivity index (χ1) is 10.2. The number of carbonyl (C=O) groups is 1. The van der Waals surface area contributed by atoms with Crippen molar-refractivity contribution in [2.24, 2.45) is 0 Å². The van der Waals surface area contributed by atoms with E-state index in [0.717, 1.165) is 38.9 Å². The molecule has 2 saturated heterocycles. The van der Waals surface area contributed by atoms with Gasteiger partial charge in [-0.3, -0.25) is 4.79 Å². The van der Waals surface area contributed by atoms with E-state index in [1.165, 1.54) is 11.1 Å². The van der Waals surface area contributed by atoms with Crippen molar-refractivity contribution in [3.8, 4) is 0 Å². The van der Waals surface area contributed by atoms with Gasteiger partial charge in [-0.2, -0.15) is 0 Å². The number of carbonyl (C=O) groups excluding carboxylic acids is 1. The maximum Gasteiger partial charge on any atom is 0.248 e. The molecule has 0 saturated carbocycles. The fourth-order valence-corrected chi connectivity index (χ4v) is 3.37. The average Bonchev–Trinajstić information content (AvgIpc) is 2.69. The third-order valence-electron chi connectivity index (χ3n) is 4.53. The molecule has 3 rings (SSSR count). The van der Waals surface area contributed by atoms with E-state index < -0.39 is 0 Å². The Balaban J connectivity index is 1.72. The van der Waals surface area contributed by atoms with Gasteiger partial charge in [0.2, 0.25) is 5.91 Å². The summed E-state index contributed by atoms with van der Waals surface area (Å²) in [6.07, 6.45) is 3.15. The van der Waals surface area contributed by atoms with Crippen LogP contribution in [0.15, 0.2) is 24.3 Å². The zero-order valence-electron chi connectivity index (χ0n) is 12.7. The van der Waals surface area contributed by atoms with Gasteiger partial charge in [-0.05, 0) is 44.8 Å². The predicted molar refractivity (Wildman–Crippen MR) is 82.0 cm³/mol. The summed E-state index contributed by atoms with van der Waals surface area (Å²) in [6.45, 7) is 5.76. The fourth-order valence-electron chi connectivity index (χ4n) is 3.37. The average molecular weight is 288 g/mol. The van der Waals surface area contributed by atoms with Crippen molar-refractivity contribution in [1.29, 1.82) is 0 Å². The molecule has 0 aromatic heterocycles. The van der Waals surface area contributed by atoms with Crippen molar-refractivity contribution in [2.75, 3.05) is 26.2 Å². The van der Waals surface area contributed by atoms with Gasteiger partial charge in [0.25, 0.3) is 0 Å². The lowest BCUT2D eigenvalue weighted by Crippen LogP contribution is -2.54. The summed E-state index contributed by atoms with van der Waals surface area (Å²) in [5.74, 6) is 0.110. The molecule has 1 aromatic carbocycles. The molecule has 0 aliphatic carbocycles. The van der Waals surface area contributed by atoms with Crippen LogP contribution >= 0.6 is 0 Å². The smallest absolute Gasteiger partial charge is 0.248 e. The Kier molecular flexibility index (Phi) is 4.27. The van der Waals surface area contributed by atoms with Crippen LogP contribution in [0.1, 0.15) is 30.4 Å². The van der Waals surface area contributed by atoms with E-state index in [9.17, 15) is 4.79 Å². The molecule has 114 valence electrons. The standard InChI is InChI=1S/C17H24N2O2/c1-14-4-2-5-15(10-14)11-19-13-17(21-12-16(19)20)6-3-8-18-9-7-17/h2,4-5,10,18H,3,6-9,11-13H2,1H3. The topological polar surface area (TPSA) is 41.6 Å². The highest BCUT2D eigenvalue weighted by atomic mass is 16.5. The highest BCUT2D eigenvalue weighted by Crippen LogP contribution is 2.29. The summed E-state index contributed by atoms with van der Waals surface area (Å²) in [5, 5.41) is 3.42. The Morgan fingerprint density at radius 3 is 3.10 bits per heavy atom. The summed E-state index contributed by atoms with van der Waals surface area (Å²) < 4.78 is 5.96. The number of morpholine rings is 1. The molecular weight excluding hydrogens is 264 g/mol. The molecule has 4 heteroatoms. The van der Waals surface area contributed by atoms with Crippen LogP contribution in [0.25, 0.3) is 0 Å². The first-order valence-electron chi connectivity index (χ1n) is 7.85. The van der Waals surface area contributed by atoms with Gasteiger partial charge >= 0.3 is 0 Å². The van der Waals surface area contributed by atoms with Crippen LogP contribution < -0.4 is 5.32 Å². The van der Waals surface area contributed by atoms with Crippen LogP contribution in [0, 0.1) is 6.92 Å². The molecule has 1 aromatic rings. The molecule has 0 radical (unpaired) electrons. The van der Waals surface area contributed by atoms with Crippen LogP contribution in [0.3, 0.4) is 0 Å². The number of ether oxygens (including phenoxy) is 1. The largest absolute Gasteiger partial charge is 0.363 e. The first-order valence-corrected chi connectivity index (χ1v) is 7.85. The van der Waals surface area contributed by atoms with Gasteiger partial charge in [0, 0.05) is 6.54 Å². The van der Waals surface area contributed by atoms with Gasteiger partial charge in [-0.15, -0.1) is 0 Å². The third-order valence-corrected chi connectivity index (χ3v) is 4.53. The van der Waals surface area contributed by atoms with Crippen LogP contribution in [0.4, 0.5) is 0 Å². The van der Waals surface area contributed by atoms with Gasteiger partial charge in [0.15, 0.2) is 0 Å². The fraction of sp³-hybridized carbons (Fsp3) is 0.588. The lowest BCUT2D eigenvalue weighted by molar-refractivity contribution is -0.166. The molecule has 1 amide bonds. The van der Waals surface area contributed by atoms with Gasteiger partial charge < -0.3 is 15.0 Å². The molecule has 1 N–H and O–H groups in total. The second-order valence-electron chi connectivity index (χ2n) is 6.31. The molecule has 1 unspecified atom stereocenters. The molecule has 1 atom stereocenters. The predicted octanol–water partition coefficient (Wildman–Crippen LogP) is 1.87. The molecule has 1 spiro atoms. The minimum absolute atomic E-state index is 0.110. The Hall–Kier alpha value is -1.39. The zero-order chi connectivity index (χ0) is 14.7. The SMILES string of the molecule is Cc1cccc(CN2CC3(CCCNCC3)OCC2=O)c1. The minimum Gasteiger partial charge on any atom is -0.363 e. The van der Waals surface area contributed by atoms with Crippen molar-refractivity contribution in [3.63, 3.8) is 0 Å². The first kappa shape index (κ1) is 14.5. The minimum atomic E-state index is -0.138. The summed E-state index contributed by atoms with van der Waals surface area (Å²) in [7, 11) is 0. The Labute approximate surface area is 126 Å². The Morgan fingerprint density at radius 1 is 1.33 bits per heavy atom. The summed E-state index contributed by atoms with van der Waals surface area (Å²) in [5.41, 5.74) is 2.30. The summed E-state index contributed by atoms with van der Waals surface area (Å²) in [6, 6.07) is 8.39. The number of nitrogens with zero attached hydrogens (tertiary/aromatic N) is 1. The van der Waals surface area contributed by atoms with Gasteiger partial charge in [-0.25, -0.2) is 0 Å². The van der Waals surface area contributed by atoms with E-state index in [2.05, 4.69) is 36.5 Å². The highest BCUT2D eigenvalue weighted by Gasteiger charge is 2.39. The molecule has 2 aliphatic rings. The Morgan fingerprint density at radius 2 is 2.24 bits per heavy atom.